The third kappa shape index (κ3) is 5.33. The predicted molar refractivity (Wildman–Crippen MR) is 141 cm³/mol. The molecule has 0 spiro atoms. The molecule has 3 heterocycles. The highest BCUT2D eigenvalue weighted by Crippen LogP contribution is 2.36. The van der Waals surface area contributed by atoms with Crippen molar-refractivity contribution in [2.45, 2.75) is 23.4 Å². The first-order chi connectivity index (χ1) is 17.7. The summed E-state index contributed by atoms with van der Waals surface area (Å²) in [6, 6.07) is 12.3. The van der Waals surface area contributed by atoms with E-state index in [4.69, 9.17) is 21.4 Å². The molecule has 0 saturated carbocycles. The molecule has 2 saturated heterocycles. The molecule has 5 rings (SSSR count). The van der Waals surface area contributed by atoms with Gasteiger partial charge in [-0.15, -0.1) is 0 Å². The van der Waals surface area contributed by atoms with Crippen LogP contribution in [-0.4, -0.2) is 54.8 Å². The molecule has 1 amide bonds. The largest absolute Gasteiger partial charge is 0.420 e. The average Bonchev–Trinajstić information content (AvgIpc) is 3.43. The molecule has 192 valence electrons. The van der Waals surface area contributed by atoms with Crippen LogP contribution in [0.5, 0.6) is 0 Å². The Bertz CT molecular complexity index is 1480. The number of halogens is 1. The number of carbonyl (C=O) groups is 1. The number of hydrogen-bond acceptors (Lipinski definition) is 9. The van der Waals surface area contributed by atoms with Crippen LogP contribution in [0.2, 0.25) is 0 Å². The number of aryl methyl sites for hydroxylation is 1. The van der Waals surface area contributed by atoms with Crippen LogP contribution >= 0.6 is 24.0 Å². The van der Waals surface area contributed by atoms with Gasteiger partial charge in [-0.25, -0.2) is 12.8 Å². The summed E-state index contributed by atoms with van der Waals surface area (Å²) >= 11 is 6.45. The van der Waals surface area contributed by atoms with Gasteiger partial charge in [0.15, 0.2) is 0 Å². The number of ether oxygens (including phenoxy) is 1. The summed E-state index contributed by atoms with van der Waals surface area (Å²) < 4.78 is 52.0. The number of carbonyl (C=O) groups excluding carboxylic acids is 1. The monoisotopic (exact) mass is 559 g/mol. The molecule has 12 heteroatoms. The van der Waals surface area contributed by atoms with Crippen molar-refractivity contribution >= 4 is 56.0 Å². The molecule has 37 heavy (non-hydrogen) atoms. The van der Waals surface area contributed by atoms with Crippen molar-refractivity contribution in [1.82, 2.24) is 9.88 Å². The lowest BCUT2D eigenvalue weighted by Gasteiger charge is -2.26. The van der Waals surface area contributed by atoms with Crippen molar-refractivity contribution in [1.29, 1.82) is 0 Å². The Labute approximate surface area is 223 Å². The molecule has 1 aromatic heterocycles. The number of sulfone groups is 1. The molecule has 2 aliphatic rings. The third-order valence-corrected chi connectivity index (χ3v) is 8.91. The first-order valence-corrected chi connectivity index (χ1v) is 14.1. The number of oxazole rings is 1. The summed E-state index contributed by atoms with van der Waals surface area (Å²) in [7, 11) is -4.00. The summed E-state index contributed by atoms with van der Waals surface area (Å²) in [6.07, 6.45) is 1.40. The summed E-state index contributed by atoms with van der Waals surface area (Å²) in [5, 5.41) is -0.216. The van der Waals surface area contributed by atoms with Crippen molar-refractivity contribution in [2.24, 2.45) is 0 Å². The van der Waals surface area contributed by atoms with Crippen molar-refractivity contribution in [3.05, 3.63) is 76.3 Å². The summed E-state index contributed by atoms with van der Waals surface area (Å²) in [5.74, 6) is -0.648. The van der Waals surface area contributed by atoms with E-state index in [-0.39, 0.29) is 44.9 Å². The van der Waals surface area contributed by atoms with E-state index >= 15 is 0 Å². The summed E-state index contributed by atoms with van der Waals surface area (Å²) in [5.41, 5.74) is 1.65. The van der Waals surface area contributed by atoms with E-state index in [0.29, 0.717) is 30.6 Å². The topological polar surface area (TPSA) is 93.0 Å². The van der Waals surface area contributed by atoms with Gasteiger partial charge in [-0.3, -0.25) is 9.69 Å². The second-order valence-electron chi connectivity index (χ2n) is 8.47. The first-order valence-electron chi connectivity index (χ1n) is 11.4. The highest BCUT2D eigenvalue weighted by Gasteiger charge is 2.35. The summed E-state index contributed by atoms with van der Waals surface area (Å²) in [4.78, 5) is 20.9. The number of aromatic nitrogens is 1. The van der Waals surface area contributed by atoms with E-state index in [0.717, 1.165) is 22.9 Å². The summed E-state index contributed by atoms with van der Waals surface area (Å²) in [6.45, 7) is 3.76. The van der Waals surface area contributed by atoms with E-state index < -0.39 is 9.84 Å². The van der Waals surface area contributed by atoms with Crippen molar-refractivity contribution in [3.8, 4) is 0 Å². The number of thiocarbonyl (C=S) groups is 1. The minimum Gasteiger partial charge on any atom is -0.420 e. The van der Waals surface area contributed by atoms with E-state index in [1.807, 2.05) is 6.92 Å². The second-order valence-corrected chi connectivity index (χ2v) is 12.0. The number of amides is 1. The normalized spacial score (nSPS) is 17.7. The van der Waals surface area contributed by atoms with Gasteiger partial charge in [-0.1, -0.05) is 53.8 Å². The molecule has 0 unspecified atom stereocenters. The molecule has 0 atom stereocenters. The molecule has 0 bridgehead atoms. The number of thioether (sulfide) groups is 1. The fourth-order valence-electron chi connectivity index (χ4n) is 3.87. The molecule has 3 aromatic rings. The number of rotatable bonds is 6. The van der Waals surface area contributed by atoms with Crippen molar-refractivity contribution < 1.29 is 26.8 Å². The fourth-order valence-corrected chi connectivity index (χ4v) is 6.41. The molecule has 0 N–H and O–H groups in total. The van der Waals surface area contributed by atoms with Crippen LogP contribution in [0.15, 0.2) is 67.8 Å². The van der Waals surface area contributed by atoms with Gasteiger partial charge in [0.25, 0.3) is 5.91 Å². The zero-order valence-electron chi connectivity index (χ0n) is 19.7. The quantitative estimate of drug-likeness (QED) is 0.326. The van der Waals surface area contributed by atoms with E-state index in [1.165, 1.54) is 35.2 Å². The lowest BCUT2D eigenvalue weighted by Crippen LogP contribution is -2.36. The lowest BCUT2D eigenvalue weighted by atomic mass is 10.2. The maximum atomic E-state index is 13.5. The van der Waals surface area contributed by atoms with Crippen LogP contribution in [-0.2, 0) is 25.9 Å². The molecular weight excluding hydrogens is 537 g/mol. The van der Waals surface area contributed by atoms with Crippen molar-refractivity contribution in [3.63, 3.8) is 0 Å². The van der Waals surface area contributed by atoms with Crippen LogP contribution in [0.4, 0.5) is 10.3 Å². The predicted octanol–water partition coefficient (Wildman–Crippen LogP) is 4.19. The van der Waals surface area contributed by atoms with Gasteiger partial charge in [0.2, 0.25) is 26.6 Å². The molecule has 2 aliphatic heterocycles. The first kappa shape index (κ1) is 25.6. The molecule has 0 aliphatic carbocycles. The van der Waals surface area contributed by atoms with E-state index in [1.54, 1.807) is 29.2 Å². The Morgan fingerprint density at radius 2 is 1.78 bits per heavy atom. The van der Waals surface area contributed by atoms with Gasteiger partial charge in [0.1, 0.15) is 10.1 Å². The number of morpholine rings is 1. The Balaban J connectivity index is 1.48. The van der Waals surface area contributed by atoms with Gasteiger partial charge in [-0.05, 0) is 36.8 Å². The Morgan fingerprint density at radius 1 is 1.11 bits per heavy atom. The van der Waals surface area contributed by atoms with Gasteiger partial charge in [0, 0.05) is 19.2 Å². The van der Waals surface area contributed by atoms with Gasteiger partial charge >= 0.3 is 0 Å². The number of nitrogens with zero attached hydrogens (tertiary/aromatic N) is 3. The van der Waals surface area contributed by atoms with Crippen LogP contribution in [0.1, 0.15) is 17.0 Å². The number of benzene rings is 2. The molecule has 2 aromatic carbocycles. The molecule has 2 fully saturated rings. The zero-order chi connectivity index (χ0) is 26.2. The number of hydrogen-bond donors (Lipinski definition) is 0. The maximum absolute atomic E-state index is 13.5. The van der Waals surface area contributed by atoms with Gasteiger partial charge < -0.3 is 14.1 Å². The second kappa shape index (κ2) is 10.4. The number of anilines is 1. The molecular formula is C25H22FN3O5S3. The van der Waals surface area contributed by atoms with Gasteiger partial charge in [-0.2, -0.15) is 4.98 Å². The maximum Gasteiger partial charge on any atom is 0.266 e. The van der Waals surface area contributed by atoms with Crippen LogP contribution < -0.4 is 4.90 Å². The standard InChI is InChI=1S/C25H22FN3O5S3/c1-16-2-8-19(9-3-16)37(31,32)22-24(28-10-12-33-13-11-28)34-21(27-22)14-20-23(30)29(25(35)36-20)15-17-4-6-18(26)7-5-17/h2-9,14H,10-13,15H2,1H3/b20-14-. The molecule has 8 nitrogen and oxygen atoms in total. The minimum absolute atomic E-state index is 0.0190. The smallest absolute Gasteiger partial charge is 0.266 e. The Morgan fingerprint density at radius 3 is 2.46 bits per heavy atom. The zero-order valence-corrected chi connectivity index (χ0v) is 22.2. The lowest BCUT2D eigenvalue weighted by molar-refractivity contribution is -0.122. The highest BCUT2D eigenvalue weighted by atomic mass is 32.2. The van der Waals surface area contributed by atoms with Crippen LogP contribution in [0.3, 0.4) is 0 Å². The highest BCUT2D eigenvalue weighted by molar-refractivity contribution is 8.26. The van der Waals surface area contributed by atoms with Crippen LogP contribution in [0, 0.1) is 12.7 Å². The van der Waals surface area contributed by atoms with Crippen LogP contribution in [0.25, 0.3) is 6.08 Å². The molecule has 0 radical (unpaired) electrons. The Hall–Kier alpha value is -3.06. The fraction of sp³-hybridized carbons (Fsp3) is 0.240. The minimum atomic E-state index is -4.00. The Kier molecular flexibility index (Phi) is 7.17. The average molecular weight is 560 g/mol. The van der Waals surface area contributed by atoms with E-state index in [2.05, 4.69) is 4.98 Å². The van der Waals surface area contributed by atoms with E-state index in [9.17, 15) is 17.6 Å². The van der Waals surface area contributed by atoms with Crippen molar-refractivity contribution in [2.75, 3.05) is 31.2 Å². The van der Waals surface area contributed by atoms with Gasteiger partial charge in [0.05, 0.1) is 29.6 Å². The SMILES string of the molecule is Cc1ccc(S(=O)(=O)c2nc(/C=C3\SC(=S)N(Cc4ccc(F)cc4)C3=O)oc2N2CCOCC2)cc1. The third-order valence-electron chi connectivity index (χ3n) is 5.86.